The molecule has 5 nitrogen and oxygen atoms in total. The summed E-state index contributed by atoms with van der Waals surface area (Å²) in [5.41, 5.74) is 1.63. The van der Waals surface area contributed by atoms with Gasteiger partial charge in [-0.05, 0) is 54.7 Å². The van der Waals surface area contributed by atoms with E-state index in [9.17, 15) is 9.18 Å². The number of rotatable bonds is 4. The second kappa shape index (κ2) is 7.64. The van der Waals surface area contributed by atoms with Crippen molar-refractivity contribution in [2.24, 2.45) is 5.92 Å². The molecule has 0 unspecified atom stereocenters. The van der Waals surface area contributed by atoms with Crippen molar-refractivity contribution >= 4 is 5.91 Å². The molecule has 0 radical (unpaired) electrons. The minimum absolute atomic E-state index is 0.0861. The Bertz CT molecular complexity index is 814. The maximum atomic E-state index is 14.0. The Morgan fingerprint density at radius 1 is 1.19 bits per heavy atom. The van der Waals surface area contributed by atoms with Gasteiger partial charge in [0.05, 0.1) is 7.11 Å². The molecule has 2 bridgehead atoms. The monoisotopic (exact) mass is 369 g/mol. The number of carbonyl (C=O) groups excluding carboxylic acids is 1. The molecule has 1 amide bonds. The van der Waals surface area contributed by atoms with Gasteiger partial charge in [0.25, 0.3) is 5.91 Å². The molecule has 142 valence electrons. The number of pyridine rings is 1. The zero-order chi connectivity index (χ0) is 18.8. The summed E-state index contributed by atoms with van der Waals surface area (Å²) in [7, 11) is 1.42. The van der Waals surface area contributed by atoms with Crippen LogP contribution in [-0.4, -0.2) is 53.5 Å². The summed E-state index contributed by atoms with van der Waals surface area (Å²) in [6.07, 6.45) is 5.77. The third-order valence-electron chi connectivity index (χ3n) is 5.60. The third kappa shape index (κ3) is 3.81. The molecule has 1 aromatic heterocycles. The Labute approximate surface area is 158 Å². The van der Waals surface area contributed by atoms with Gasteiger partial charge >= 0.3 is 0 Å². The Morgan fingerprint density at radius 2 is 2.00 bits per heavy atom. The quantitative estimate of drug-likeness (QED) is 0.831. The molecule has 6 heteroatoms. The van der Waals surface area contributed by atoms with Gasteiger partial charge in [-0.2, -0.15) is 0 Å². The van der Waals surface area contributed by atoms with Crippen LogP contribution in [0, 0.1) is 11.7 Å². The highest BCUT2D eigenvalue weighted by molar-refractivity contribution is 5.94. The number of ether oxygens (including phenoxy) is 1. The first kappa shape index (κ1) is 17.9. The largest absolute Gasteiger partial charge is 0.494 e. The normalized spacial score (nSPS) is 22.5. The van der Waals surface area contributed by atoms with Gasteiger partial charge in [-0.15, -0.1) is 0 Å². The predicted octanol–water partition coefficient (Wildman–Crippen LogP) is 2.97. The molecule has 0 saturated carbocycles. The minimum atomic E-state index is -0.498. The van der Waals surface area contributed by atoms with Gasteiger partial charge in [-0.25, -0.2) is 4.39 Å². The average molecular weight is 369 g/mol. The number of fused-ring (bicyclic) bond motifs is 4. The lowest BCUT2D eigenvalue weighted by Gasteiger charge is -2.36. The van der Waals surface area contributed by atoms with E-state index in [1.165, 1.54) is 24.8 Å². The van der Waals surface area contributed by atoms with Crippen LogP contribution in [0.1, 0.15) is 28.8 Å². The van der Waals surface area contributed by atoms with Gasteiger partial charge in [-0.1, -0.05) is 0 Å². The molecule has 27 heavy (non-hydrogen) atoms. The summed E-state index contributed by atoms with van der Waals surface area (Å²) in [4.78, 5) is 21.5. The first-order valence-corrected chi connectivity index (χ1v) is 9.40. The van der Waals surface area contributed by atoms with Crippen LogP contribution in [0.25, 0.3) is 0 Å². The second-order valence-electron chi connectivity index (χ2n) is 7.45. The molecular weight excluding hydrogens is 345 g/mol. The minimum Gasteiger partial charge on any atom is -0.494 e. The topological polar surface area (TPSA) is 45.7 Å². The van der Waals surface area contributed by atoms with Gasteiger partial charge in [0.2, 0.25) is 0 Å². The fourth-order valence-electron chi connectivity index (χ4n) is 4.27. The first-order valence-electron chi connectivity index (χ1n) is 9.40. The smallest absolute Gasteiger partial charge is 0.254 e. The molecule has 2 atom stereocenters. The van der Waals surface area contributed by atoms with E-state index in [2.05, 4.69) is 9.88 Å². The second-order valence-corrected chi connectivity index (χ2v) is 7.45. The lowest BCUT2D eigenvalue weighted by molar-refractivity contribution is 0.0584. The van der Waals surface area contributed by atoms with Gasteiger partial charge in [0, 0.05) is 50.2 Å². The summed E-state index contributed by atoms with van der Waals surface area (Å²) in [5, 5.41) is 0. The van der Waals surface area contributed by atoms with E-state index in [0.29, 0.717) is 11.5 Å². The molecule has 0 N–H and O–H groups in total. The van der Waals surface area contributed by atoms with E-state index < -0.39 is 5.82 Å². The molecule has 1 aromatic carbocycles. The molecule has 0 spiro atoms. The van der Waals surface area contributed by atoms with E-state index >= 15 is 0 Å². The number of piperidine rings is 1. The highest BCUT2D eigenvalue weighted by atomic mass is 19.1. The maximum Gasteiger partial charge on any atom is 0.254 e. The van der Waals surface area contributed by atoms with Crippen LogP contribution in [0.5, 0.6) is 5.75 Å². The number of hydrogen-bond donors (Lipinski definition) is 0. The molecule has 3 aliphatic heterocycles. The molecule has 0 aliphatic carbocycles. The number of methoxy groups -OCH3 is 1. The summed E-state index contributed by atoms with van der Waals surface area (Å²) in [6, 6.07) is 8.70. The Kier molecular flexibility index (Phi) is 5.07. The molecule has 4 heterocycles. The Balaban J connectivity index is 1.50. The van der Waals surface area contributed by atoms with Gasteiger partial charge in [0.1, 0.15) is 0 Å². The predicted molar refractivity (Wildman–Crippen MR) is 100 cm³/mol. The Hall–Kier alpha value is -2.47. The number of halogens is 1. The van der Waals surface area contributed by atoms with E-state index in [1.54, 1.807) is 6.07 Å². The molecule has 5 rings (SSSR count). The molecular formula is C21H24FN3O2. The number of carbonyl (C=O) groups is 1. The highest BCUT2D eigenvalue weighted by Gasteiger charge is 2.37. The van der Waals surface area contributed by atoms with E-state index in [1.807, 2.05) is 29.4 Å². The van der Waals surface area contributed by atoms with Crippen LogP contribution in [0.3, 0.4) is 0 Å². The molecule has 3 saturated heterocycles. The van der Waals surface area contributed by atoms with Crippen molar-refractivity contribution in [3.63, 3.8) is 0 Å². The maximum absolute atomic E-state index is 14.0. The van der Waals surface area contributed by atoms with Crippen LogP contribution in [0.2, 0.25) is 0 Å². The SMILES string of the molecule is COc1ccc(C(=O)N2C[C@H]3CC[C@@H]2CN(Cc2ccncc2)C3)cc1F. The van der Waals surface area contributed by atoms with Crippen molar-refractivity contribution in [3.8, 4) is 5.75 Å². The number of hydrogen-bond acceptors (Lipinski definition) is 4. The average Bonchev–Trinajstić information content (AvgIpc) is 2.98. The van der Waals surface area contributed by atoms with Crippen molar-refractivity contribution < 1.29 is 13.9 Å². The van der Waals surface area contributed by atoms with Crippen molar-refractivity contribution in [2.75, 3.05) is 26.7 Å². The van der Waals surface area contributed by atoms with Crippen LogP contribution < -0.4 is 4.74 Å². The van der Waals surface area contributed by atoms with Gasteiger partial charge < -0.3 is 9.64 Å². The zero-order valence-electron chi connectivity index (χ0n) is 15.5. The summed E-state index contributed by atoms with van der Waals surface area (Å²) in [6.45, 7) is 3.45. The number of amides is 1. The summed E-state index contributed by atoms with van der Waals surface area (Å²) < 4.78 is 19.0. The lowest BCUT2D eigenvalue weighted by atomic mass is 9.94. The number of aromatic nitrogens is 1. The Morgan fingerprint density at radius 3 is 2.74 bits per heavy atom. The number of benzene rings is 1. The van der Waals surface area contributed by atoms with Gasteiger partial charge in [-0.3, -0.25) is 14.7 Å². The third-order valence-corrected chi connectivity index (χ3v) is 5.60. The lowest BCUT2D eigenvalue weighted by Crippen LogP contribution is -2.47. The van der Waals surface area contributed by atoms with Crippen LogP contribution in [-0.2, 0) is 6.54 Å². The van der Waals surface area contributed by atoms with Crippen LogP contribution >= 0.6 is 0 Å². The standard InChI is InChI=1S/C21H24FN3O2/c1-27-20-5-3-17(10-19(20)22)21(26)25-13-16-2-4-18(25)14-24(12-16)11-15-6-8-23-9-7-15/h3,5-10,16,18H,2,4,11-14H2,1H3/t16-,18+/m0/s1. The number of nitrogens with zero attached hydrogens (tertiary/aromatic N) is 3. The van der Waals surface area contributed by atoms with Crippen molar-refractivity contribution in [2.45, 2.75) is 25.4 Å². The molecule has 2 aromatic rings. The van der Waals surface area contributed by atoms with Crippen molar-refractivity contribution in [3.05, 3.63) is 59.7 Å². The van der Waals surface area contributed by atoms with E-state index in [4.69, 9.17) is 4.74 Å². The van der Waals surface area contributed by atoms with Crippen LogP contribution in [0.4, 0.5) is 4.39 Å². The highest BCUT2D eigenvalue weighted by Crippen LogP contribution is 2.30. The fourth-order valence-corrected chi connectivity index (χ4v) is 4.27. The molecule has 3 aliphatic rings. The van der Waals surface area contributed by atoms with E-state index in [-0.39, 0.29) is 17.7 Å². The van der Waals surface area contributed by atoms with Crippen LogP contribution in [0.15, 0.2) is 42.7 Å². The summed E-state index contributed by atoms with van der Waals surface area (Å²) >= 11 is 0. The van der Waals surface area contributed by atoms with Gasteiger partial charge in [0.15, 0.2) is 11.6 Å². The van der Waals surface area contributed by atoms with Crippen molar-refractivity contribution in [1.82, 2.24) is 14.8 Å². The first-order chi connectivity index (χ1) is 13.1. The molecule has 3 fully saturated rings. The zero-order valence-corrected chi connectivity index (χ0v) is 15.5. The van der Waals surface area contributed by atoms with E-state index in [0.717, 1.165) is 39.0 Å². The summed E-state index contributed by atoms with van der Waals surface area (Å²) in [5.74, 6) is 0.0322. The fraction of sp³-hybridized carbons (Fsp3) is 0.429. The van der Waals surface area contributed by atoms with Crippen molar-refractivity contribution in [1.29, 1.82) is 0 Å².